The predicted octanol–water partition coefficient (Wildman–Crippen LogP) is 4.68. The van der Waals surface area contributed by atoms with Crippen molar-refractivity contribution in [2.24, 2.45) is 0 Å². The number of hydrogen-bond acceptors (Lipinski definition) is 5. The largest absolute Gasteiger partial charge is 0.416 e. The van der Waals surface area contributed by atoms with Gasteiger partial charge in [0.2, 0.25) is 5.95 Å². The van der Waals surface area contributed by atoms with Crippen molar-refractivity contribution in [1.29, 1.82) is 0 Å². The number of alkyl halides is 3. The molecule has 1 saturated carbocycles. The van der Waals surface area contributed by atoms with E-state index in [0.29, 0.717) is 22.9 Å². The second-order valence-corrected chi connectivity index (χ2v) is 6.75. The lowest BCUT2D eigenvalue weighted by atomic mass is 9.95. The summed E-state index contributed by atoms with van der Waals surface area (Å²) in [4.78, 5) is 13.0. The molecule has 0 atom stereocenters. The van der Waals surface area contributed by atoms with Gasteiger partial charge in [0.15, 0.2) is 11.5 Å². The summed E-state index contributed by atoms with van der Waals surface area (Å²) in [6.45, 7) is 0. The number of nitrogens with one attached hydrogen (secondary N) is 1. The summed E-state index contributed by atoms with van der Waals surface area (Å²) in [6, 6.07) is 5.03. The van der Waals surface area contributed by atoms with Crippen LogP contribution in [0, 0.1) is 0 Å². The first-order valence-electron chi connectivity index (χ1n) is 8.86. The summed E-state index contributed by atoms with van der Waals surface area (Å²) in [5, 5.41) is 2.92. The first kappa shape index (κ1) is 17.6. The molecule has 0 bridgehead atoms. The van der Waals surface area contributed by atoms with Gasteiger partial charge in [0.25, 0.3) is 0 Å². The number of benzene rings is 1. The molecule has 0 unspecified atom stereocenters. The molecule has 9 heteroatoms. The zero-order chi connectivity index (χ0) is 19.0. The van der Waals surface area contributed by atoms with Crippen LogP contribution >= 0.6 is 0 Å². The van der Waals surface area contributed by atoms with Crippen LogP contribution in [-0.4, -0.2) is 19.5 Å². The summed E-state index contributed by atoms with van der Waals surface area (Å²) < 4.78 is 40.1. The quantitative estimate of drug-likeness (QED) is 0.694. The topological polar surface area (TPSA) is 81.7 Å². The van der Waals surface area contributed by atoms with Crippen molar-refractivity contribution in [2.75, 3.05) is 11.1 Å². The molecule has 1 fully saturated rings. The Kier molecular flexibility index (Phi) is 4.37. The predicted molar refractivity (Wildman–Crippen MR) is 96.6 cm³/mol. The third kappa shape index (κ3) is 3.54. The smallest absolute Gasteiger partial charge is 0.382 e. The molecule has 0 radical (unpaired) electrons. The van der Waals surface area contributed by atoms with Gasteiger partial charge in [0.05, 0.1) is 11.9 Å². The SMILES string of the molecule is Nc1nc(Nc2ccc(C(F)(F)F)cc2)nc2c1ncn2C1CCCCC1. The number of imidazole rings is 1. The van der Waals surface area contributed by atoms with E-state index in [2.05, 4.69) is 20.3 Å². The van der Waals surface area contributed by atoms with Crippen LogP contribution in [-0.2, 0) is 6.18 Å². The molecule has 0 amide bonds. The molecule has 0 saturated heterocycles. The minimum atomic E-state index is -4.37. The van der Waals surface area contributed by atoms with Gasteiger partial charge in [-0.1, -0.05) is 19.3 Å². The molecule has 0 spiro atoms. The second kappa shape index (κ2) is 6.71. The van der Waals surface area contributed by atoms with Crippen LogP contribution in [0.3, 0.4) is 0 Å². The van der Waals surface area contributed by atoms with Crippen LogP contribution in [0.4, 0.5) is 30.6 Å². The Hall–Kier alpha value is -2.84. The third-order valence-electron chi connectivity index (χ3n) is 4.88. The van der Waals surface area contributed by atoms with E-state index >= 15 is 0 Å². The van der Waals surface area contributed by atoms with Crippen LogP contribution in [0.1, 0.15) is 43.7 Å². The molecule has 6 nitrogen and oxygen atoms in total. The zero-order valence-electron chi connectivity index (χ0n) is 14.5. The van der Waals surface area contributed by atoms with Crippen molar-refractivity contribution in [3.05, 3.63) is 36.2 Å². The summed E-state index contributed by atoms with van der Waals surface area (Å²) in [7, 11) is 0. The van der Waals surface area contributed by atoms with E-state index in [9.17, 15) is 13.2 Å². The number of hydrogen-bond donors (Lipinski definition) is 2. The molecule has 4 rings (SSSR count). The number of fused-ring (bicyclic) bond motifs is 1. The average molecular weight is 376 g/mol. The van der Waals surface area contributed by atoms with E-state index < -0.39 is 11.7 Å². The maximum absolute atomic E-state index is 12.7. The van der Waals surface area contributed by atoms with Gasteiger partial charge in [-0.3, -0.25) is 0 Å². The Labute approximate surface area is 153 Å². The van der Waals surface area contributed by atoms with Gasteiger partial charge < -0.3 is 15.6 Å². The fourth-order valence-corrected chi connectivity index (χ4v) is 3.49. The van der Waals surface area contributed by atoms with E-state index in [1.807, 2.05) is 4.57 Å². The van der Waals surface area contributed by atoms with Crippen LogP contribution in [0.15, 0.2) is 30.6 Å². The van der Waals surface area contributed by atoms with E-state index in [1.165, 1.54) is 31.4 Å². The number of halogens is 3. The summed E-state index contributed by atoms with van der Waals surface area (Å²) >= 11 is 0. The van der Waals surface area contributed by atoms with Crippen molar-refractivity contribution in [3.8, 4) is 0 Å². The fourth-order valence-electron chi connectivity index (χ4n) is 3.49. The minimum Gasteiger partial charge on any atom is -0.382 e. The van der Waals surface area contributed by atoms with Gasteiger partial charge in [-0.25, -0.2) is 4.98 Å². The van der Waals surface area contributed by atoms with Gasteiger partial charge in [-0.2, -0.15) is 23.1 Å². The molecule has 1 aromatic carbocycles. The highest BCUT2D eigenvalue weighted by molar-refractivity contribution is 5.83. The molecule has 2 aromatic heterocycles. The molecule has 3 N–H and O–H groups in total. The normalized spacial score (nSPS) is 16.0. The molecule has 27 heavy (non-hydrogen) atoms. The van der Waals surface area contributed by atoms with Crippen LogP contribution in [0.2, 0.25) is 0 Å². The van der Waals surface area contributed by atoms with Gasteiger partial charge in [0.1, 0.15) is 5.52 Å². The lowest BCUT2D eigenvalue weighted by molar-refractivity contribution is -0.137. The average Bonchev–Trinajstić information content (AvgIpc) is 3.07. The Morgan fingerprint density at radius 1 is 1.04 bits per heavy atom. The van der Waals surface area contributed by atoms with Crippen molar-refractivity contribution < 1.29 is 13.2 Å². The molecular weight excluding hydrogens is 357 g/mol. The van der Waals surface area contributed by atoms with Crippen molar-refractivity contribution in [1.82, 2.24) is 19.5 Å². The highest BCUT2D eigenvalue weighted by Gasteiger charge is 2.30. The Morgan fingerprint density at radius 2 is 1.74 bits per heavy atom. The highest BCUT2D eigenvalue weighted by Crippen LogP contribution is 2.32. The van der Waals surface area contributed by atoms with E-state index in [1.54, 1.807) is 6.33 Å². The number of nitrogens with two attached hydrogens (primary N) is 1. The maximum Gasteiger partial charge on any atom is 0.416 e. The number of anilines is 3. The Morgan fingerprint density at radius 3 is 2.41 bits per heavy atom. The fraction of sp³-hybridized carbons (Fsp3) is 0.389. The van der Waals surface area contributed by atoms with Gasteiger partial charge >= 0.3 is 6.18 Å². The van der Waals surface area contributed by atoms with Gasteiger partial charge in [0, 0.05) is 11.7 Å². The van der Waals surface area contributed by atoms with Crippen molar-refractivity contribution in [2.45, 2.75) is 44.3 Å². The summed E-state index contributed by atoms with van der Waals surface area (Å²) in [5.41, 5.74) is 6.94. The standard InChI is InChI=1S/C18H19F3N6/c19-18(20,21)11-6-8-12(9-7-11)24-17-25-15(22)14-16(26-17)27(10-23-14)13-4-2-1-3-5-13/h6-10,13H,1-5H2,(H3,22,24,25,26). The molecule has 3 aromatic rings. The van der Waals surface area contributed by atoms with Crippen molar-refractivity contribution >= 4 is 28.6 Å². The third-order valence-corrected chi connectivity index (χ3v) is 4.88. The number of rotatable bonds is 3. The molecule has 2 heterocycles. The van der Waals surface area contributed by atoms with Gasteiger partial charge in [-0.05, 0) is 37.1 Å². The van der Waals surface area contributed by atoms with Gasteiger partial charge in [-0.15, -0.1) is 0 Å². The zero-order valence-corrected chi connectivity index (χ0v) is 14.5. The van der Waals surface area contributed by atoms with Crippen molar-refractivity contribution in [3.63, 3.8) is 0 Å². The monoisotopic (exact) mass is 376 g/mol. The first-order chi connectivity index (χ1) is 12.9. The summed E-state index contributed by atoms with van der Waals surface area (Å²) in [6.07, 6.45) is 3.08. The minimum absolute atomic E-state index is 0.234. The van der Waals surface area contributed by atoms with Crippen LogP contribution in [0.25, 0.3) is 11.2 Å². The number of nitrogen functional groups attached to an aromatic ring is 1. The lowest BCUT2D eigenvalue weighted by Crippen LogP contribution is -2.13. The Bertz CT molecular complexity index is 942. The first-order valence-corrected chi connectivity index (χ1v) is 8.86. The van der Waals surface area contributed by atoms with Crippen LogP contribution < -0.4 is 11.1 Å². The molecule has 1 aliphatic carbocycles. The highest BCUT2D eigenvalue weighted by atomic mass is 19.4. The second-order valence-electron chi connectivity index (χ2n) is 6.75. The molecule has 0 aliphatic heterocycles. The summed E-state index contributed by atoms with van der Waals surface area (Å²) in [5.74, 6) is 0.473. The number of aromatic nitrogens is 4. The molecule has 1 aliphatic rings. The Balaban J connectivity index is 1.64. The number of nitrogens with zero attached hydrogens (tertiary/aromatic N) is 4. The van der Waals surface area contributed by atoms with E-state index in [4.69, 9.17) is 5.73 Å². The molecule has 142 valence electrons. The maximum atomic E-state index is 12.7. The lowest BCUT2D eigenvalue weighted by Gasteiger charge is -2.23. The van der Waals surface area contributed by atoms with E-state index in [-0.39, 0.29) is 11.8 Å². The van der Waals surface area contributed by atoms with E-state index in [0.717, 1.165) is 25.0 Å². The molecular formula is C18H19F3N6. The van der Waals surface area contributed by atoms with Crippen LogP contribution in [0.5, 0.6) is 0 Å².